The van der Waals surface area contributed by atoms with E-state index in [1.54, 1.807) is 0 Å². The molecule has 7 heteroatoms. The molecule has 0 atom stereocenters. The summed E-state index contributed by atoms with van der Waals surface area (Å²) in [4.78, 5) is 11.1. The van der Waals surface area contributed by atoms with E-state index in [2.05, 4.69) is 8.92 Å². The zero-order chi connectivity index (χ0) is 11.5. The largest absolute Gasteiger partial charge is 0.488 e. The Balaban J connectivity index is 3.13. The van der Waals surface area contributed by atoms with Crippen LogP contribution < -0.4 is 4.18 Å². The summed E-state index contributed by atoms with van der Waals surface area (Å²) < 4.78 is 41.0. The van der Waals surface area contributed by atoms with Crippen molar-refractivity contribution in [1.82, 2.24) is 0 Å². The Kier molecular flexibility index (Phi) is 3.25. The molecule has 0 saturated carbocycles. The lowest BCUT2D eigenvalue weighted by molar-refractivity contribution is 0.0599. The summed E-state index contributed by atoms with van der Waals surface area (Å²) in [6.07, 6.45) is 0. The van der Waals surface area contributed by atoms with Crippen molar-refractivity contribution in [2.24, 2.45) is 0 Å². The summed E-state index contributed by atoms with van der Waals surface area (Å²) in [5, 5.41) is 0. The number of carbonyl (C=O) groups is 1. The van der Waals surface area contributed by atoms with Crippen LogP contribution in [0.15, 0.2) is 24.3 Å². The van der Waals surface area contributed by atoms with Crippen LogP contribution >= 0.6 is 0 Å². The molecule has 0 aromatic heterocycles. The summed E-state index contributed by atoms with van der Waals surface area (Å²) in [5.41, 5.74) is -0.166. The van der Waals surface area contributed by atoms with Crippen LogP contribution in [-0.2, 0) is 15.2 Å². The first kappa shape index (κ1) is 11.4. The average molecular weight is 234 g/mol. The molecule has 0 aliphatic rings. The van der Waals surface area contributed by atoms with Crippen molar-refractivity contribution < 1.29 is 26.0 Å². The minimum absolute atomic E-state index is 0.166. The molecule has 0 saturated heterocycles. The number of ether oxygens (including phenoxy) is 1. The van der Waals surface area contributed by atoms with Gasteiger partial charge in [0, 0.05) is 0 Å². The molecule has 0 N–H and O–H groups in total. The maximum absolute atomic E-state index is 12.2. The Morgan fingerprint density at radius 1 is 1.33 bits per heavy atom. The lowest BCUT2D eigenvalue weighted by Gasteiger charge is -2.05. The van der Waals surface area contributed by atoms with Gasteiger partial charge in [-0.25, -0.2) is 4.79 Å². The molecule has 0 heterocycles. The van der Waals surface area contributed by atoms with Gasteiger partial charge in [-0.15, -0.1) is 0 Å². The Morgan fingerprint density at radius 3 is 2.47 bits per heavy atom. The van der Waals surface area contributed by atoms with E-state index in [1.807, 2.05) is 0 Å². The summed E-state index contributed by atoms with van der Waals surface area (Å²) in [6, 6.07) is 5.26. The van der Waals surface area contributed by atoms with Crippen molar-refractivity contribution in [2.75, 3.05) is 7.11 Å². The van der Waals surface area contributed by atoms with Gasteiger partial charge in [0.15, 0.2) is 5.75 Å². The molecular weight excluding hydrogens is 227 g/mol. The standard InChI is InChI=1S/C8H7FO5S/c1-13-8(10)6-4-2-3-5-7(6)14-15(9,11)12/h2-5H,1H3. The van der Waals surface area contributed by atoms with Crippen molar-refractivity contribution in [3.8, 4) is 5.75 Å². The van der Waals surface area contributed by atoms with Gasteiger partial charge in [0.1, 0.15) is 5.56 Å². The number of methoxy groups -OCH3 is 1. The zero-order valence-corrected chi connectivity index (χ0v) is 8.45. The van der Waals surface area contributed by atoms with Gasteiger partial charge in [-0.05, 0) is 12.1 Å². The second-order valence-electron chi connectivity index (χ2n) is 2.46. The number of hydrogen-bond acceptors (Lipinski definition) is 5. The van der Waals surface area contributed by atoms with Gasteiger partial charge in [-0.3, -0.25) is 0 Å². The van der Waals surface area contributed by atoms with E-state index in [4.69, 9.17) is 0 Å². The summed E-state index contributed by atoms with van der Waals surface area (Å²) in [5.74, 6) is -1.22. The van der Waals surface area contributed by atoms with E-state index in [9.17, 15) is 17.1 Å². The maximum atomic E-state index is 12.2. The van der Waals surface area contributed by atoms with Crippen LogP contribution in [0.4, 0.5) is 3.89 Å². The number of rotatable bonds is 3. The van der Waals surface area contributed by atoms with Crippen LogP contribution in [0, 0.1) is 0 Å². The summed E-state index contributed by atoms with van der Waals surface area (Å²) in [7, 11) is -4.04. The number of halogens is 1. The van der Waals surface area contributed by atoms with E-state index in [0.717, 1.165) is 13.2 Å². The van der Waals surface area contributed by atoms with Crippen molar-refractivity contribution >= 4 is 16.5 Å². The van der Waals surface area contributed by atoms with Crippen molar-refractivity contribution in [1.29, 1.82) is 0 Å². The van der Waals surface area contributed by atoms with Crippen LogP contribution in [0.5, 0.6) is 5.75 Å². The molecular formula is C8H7FO5S. The lowest BCUT2D eigenvalue weighted by atomic mass is 10.2. The normalized spacial score (nSPS) is 10.8. The fraction of sp³-hybridized carbons (Fsp3) is 0.125. The minimum Gasteiger partial charge on any atom is -0.465 e. The molecule has 0 bridgehead atoms. The number of hydrogen-bond donors (Lipinski definition) is 0. The Bertz CT molecular complexity index is 468. The smallest absolute Gasteiger partial charge is 0.465 e. The molecule has 82 valence electrons. The minimum atomic E-state index is -5.15. The molecule has 0 fully saturated rings. The molecule has 0 aliphatic carbocycles. The monoisotopic (exact) mass is 234 g/mol. The average Bonchev–Trinajstić information content (AvgIpc) is 2.15. The quantitative estimate of drug-likeness (QED) is 0.577. The third-order valence-corrected chi connectivity index (χ3v) is 1.86. The number of carbonyl (C=O) groups excluding carboxylic acids is 1. The molecule has 1 aromatic rings. The van der Waals surface area contributed by atoms with Gasteiger partial charge < -0.3 is 8.92 Å². The second-order valence-corrected chi connectivity index (χ2v) is 3.42. The highest BCUT2D eigenvalue weighted by Gasteiger charge is 2.17. The van der Waals surface area contributed by atoms with E-state index >= 15 is 0 Å². The van der Waals surface area contributed by atoms with Gasteiger partial charge in [-0.1, -0.05) is 16.0 Å². The first-order valence-corrected chi connectivity index (χ1v) is 5.06. The first-order chi connectivity index (χ1) is 6.94. The summed E-state index contributed by atoms with van der Waals surface area (Å²) >= 11 is 0. The molecule has 0 amide bonds. The maximum Gasteiger partial charge on any atom is 0.488 e. The molecule has 1 rings (SSSR count). The van der Waals surface area contributed by atoms with Gasteiger partial charge in [-0.2, -0.15) is 8.42 Å². The Labute approximate surface area is 85.8 Å². The van der Waals surface area contributed by atoms with Gasteiger partial charge >= 0.3 is 16.5 Å². The molecule has 0 unspecified atom stereocenters. The van der Waals surface area contributed by atoms with E-state index in [0.29, 0.717) is 0 Å². The number of esters is 1. The summed E-state index contributed by atoms with van der Waals surface area (Å²) in [6.45, 7) is 0. The van der Waals surface area contributed by atoms with Crippen LogP contribution in [0.3, 0.4) is 0 Å². The molecule has 1 aromatic carbocycles. The third kappa shape index (κ3) is 3.21. The topological polar surface area (TPSA) is 69.7 Å². The fourth-order valence-corrected chi connectivity index (χ4v) is 1.28. The van der Waals surface area contributed by atoms with Crippen molar-refractivity contribution in [3.63, 3.8) is 0 Å². The molecule has 15 heavy (non-hydrogen) atoms. The van der Waals surface area contributed by atoms with Gasteiger partial charge in [0.05, 0.1) is 7.11 Å². The highest BCUT2D eigenvalue weighted by Crippen LogP contribution is 2.20. The van der Waals surface area contributed by atoms with Crippen molar-refractivity contribution in [2.45, 2.75) is 0 Å². The highest BCUT2D eigenvalue weighted by atomic mass is 32.3. The fourth-order valence-electron chi connectivity index (χ4n) is 0.925. The third-order valence-electron chi connectivity index (χ3n) is 1.48. The van der Waals surface area contributed by atoms with E-state index < -0.39 is 22.2 Å². The number of para-hydroxylation sites is 1. The van der Waals surface area contributed by atoms with Gasteiger partial charge in [0.2, 0.25) is 0 Å². The predicted molar refractivity (Wildman–Crippen MR) is 48.4 cm³/mol. The predicted octanol–water partition coefficient (Wildman–Crippen LogP) is 1.07. The van der Waals surface area contributed by atoms with Crippen molar-refractivity contribution in [3.05, 3.63) is 29.8 Å². The highest BCUT2D eigenvalue weighted by molar-refractivity contribution is 7.81. The van der Waals surface area contributed by atoms with Crippen LogP contribution in [0.1, 0.15) is 10.4 Å². The molecule has 5 nitrogen and oxygen atoms in total. The van der Waals surface area contributed by atoms with E-state index in [1.165, 1.54) is 18.2 Å². The van der Waals surface area contributed by atoms with Crippen LogP contribution in [0.25, 0.3) is 0 Å². The Hall–Kier alpha value is -1.63. The SMILES string of the molecule is COC(=O)c1ccccc1OS(=O)(=O)F. The van der Waals surface area contributed by atoms with Gasteiger partial charge in [0.25, 0.3) is 0 Å². The molecule has 0 spiro atoms. The molecule has 0 aliphatic heterocycles. The van der Waals surface area contributed by atoms with E-state index in [-0.39, 0.29) is 5.56 Å². The van der Waals surface area contributed by atoms with Crippen LogP contribution in [0.2, 0.25) is 0 Å². The number of benzene rings is 1. The first-order valence-electron chi connectivity index (χ1n) is 3.75. The molecule has 0 radical (unpaired) electrons. The lowest BCUT2D eigenvalue weighted by Crippen LogP contribution is -2.08. The van der Waals surface area contributed by atoms with Crippen LogP contribution in [-0.4, -0.2) is 21.5 Å². The Morgan fingerprint density at radius 2 is 1.93 bits per heavy atom. The second kappa shape index (κ2) is 4.26. The zero-order valence-electron chi connectivity index (χ0n) is 7.64.